The number of ether oxygens (including phenoxy) is 2. The van der Waals surface area contributed by atoms with Crippen molar-refractivity contribution in [3.05, 3.63) is 58.5 Å². The standard InChI is InChI=1S/C18H17ClFNO2/c1-11(13-3-4-13)12(2)22-15-5-7-16(8-6-15)23-18-17(20)9-14(19)10-21-18/h5-10,12H,3-4H2,1-2H3. The van der Waals surface area contributed by atoms with Crippen LogP contribution in [0.1, 0.15) is 26.7 Å². The number of allylic oxidation sites excluding steroid dienone is 1. The van der Waals surface area contributed by atoms with E-state index in [1.54, 1.807) is 24.3 Å². The molecular weight excluding hydrogens is 317 g/mol. The van der Waals surface area contributed by atoms with Gasteiger partial charge in [0, 0.05) is 6.20 Å². The minimum atomic E-state index is -0.599. The highest BCUT2D eigenvalue weighted by Crippen LogP contribution is 2.34. The Balaban J connectivity index is 1.66. The van der Waals surface area contributed by atoms with E-state index in [1.165, 1.54) is 30.2 Å². The largest absolute Gasteiger partial charge is 0.486 e. The number of hydrogen-bond acceptors (Lipinski definition) is 3. The monoisotopic (exact) mass is 333 g/mol. The first-order valence-corrected chi connectivity index (χ1v) is 7.85. The van der Waals surface area contributed by atoms with Gasteiger partial charge in [-0.05, 0) is 62.6 Å². The molecule has 1 unspecified atom stereocenters. The van der Waals surface area contributed by atoms with Gasteiger partial charge in [0.1, 0.15) is 17.6 Å². The van der Waals surface area contributed by atoms with E-state index in [1.807, 2.05) is 6.92 Å². The molecule has 23 heavy (non-hydrogen) atoms. The first-order valence-electron chi connectivity index (χ1n) is 7.47. The van der Waals surface area contributed by atoms with Crippen LogP contribution in [0, 0.1) is 5.82 Å². The van der Waals surface area contributed by atoms with E-state index < -0.39 is 5.82 Å². The fraction of sp³-hybridized carbons (Fsp3) is 0.278. The zero-order valence-corrected chi connectivity index (χ0v) is 13.7. The second-order valence-corrected chi connectivity index (χ2v) is 6.00. The molecule has 1 atom stereocenters. The molecule has 1 aromatic heterocycles. The summed E-state index contributed by atoms with van der Waals surface area (Å²) in [6, 6.07) is 8.20. The van der Waals surface area contributed by atoms with Crippen LogP contribution in [0.15, 0.2) is 47.7 Å². The molecule has 0 N–H and O–H groups in total. The minimum Gasteiger partial charge on any atom is -0.486 e. The van der Waals surface area contributed by atoms with Gasteiger partial charge < -0.3 is 9.47 Å². The summed E-state index contributed by atoms with van der Waals surface area (Å²) >= 11 is 5.66. The van der Waals surface area contributed by atoms with Gasteiger partial charge in [-0.25, -0.2) is 9.37 Å². The summed E-state index contributed by atoms with van der Waals surface area (Å²) in [5.74, 6) is 0.523. The third kappa shape index (κ3) is 4.02. The summed E-state index contributed by atoms with van der Waals surface area (Å²) in [7, 11) is 0. The molecule has 3 nitrogen and oxygen atoms in total. The van der Waals surface area contributed by atoms with E-state index in [9.17, 15) is 4.39 Å². The van der Waals surface area contributed by atoms with Crippen molar-refractivity contribution >= 4 is 11.6 Å². The van der Waals surface area contributed by atoms with Crippen molar-refractivity contribution in [2.75, 3.05) is 0 Å². The Bertz CT molecular complexity index is 737. The Hall–Kier alpha value is -2.07. The quantitative estimate of drug-likeness (QED) is 0.673. The molecule has 3 rings (SSSR count). The zero-order chi connectivity index (χ0) is 16.4. The van der Waals surface area contributed by atoms with E-state index in [0.29, 0.717) is 5.75 Å². The maximum absolute atomic E-state index is 13.7. The SMILES string of the molecule is CC(=C1CC1)C(C)Oc1ccc(Oc2ncc(Cl)cc2F)cc1. The van der Waals surface area contributed by atoms with E-state index in [0.717, 1.165) is 11.8 Å². The van der Waals surface area contributed by atoms with Crippen molar-refractivity contribution in [3.8, 4) is 17.4 Å². The first-order chi connectivity index (χ1) is 11.0. The molecular formula is C18H17ClFNO2. The lowest BCUT2D eigenvalue weighted by molar-refractivity contribution is 0.256. The summed E-state index contributed by atoms with van der Waals surface area (Å²) < 4.78 is 25.0. The van der Waals surface area contributed by atoms with Crippen LogP contribution in [-0.2, 0) is 0 Å². The number of nitrogens with zero attached hydrogens (tertiary/aromatic N) is 1. The molecule has 0 spiro atoms. The van der Waals surface area contributed by atoms with Crippen molar-refractivity contribution in [2.24, 2.45) is 0 Å². The lowest BCUT2D eigenvalue weighted by atomic mass is 10.1. The molecule has 1 aromatic carbocycles. The summed E-state index contributed by atoms with van der Waals surface area (Å²) in [6.07, 6.45) is 3.76. The summed E-state index contributed by atoms with van der Waals surface area (Å²) in [4.78, 5) is 3.83. The van der Waals surface area contributed by atoms with Gasteiger partial charge in [-0.15, -0.1) is 0 Å². The summed E-state index contributed by atoms with van der Waals surface area (Å²) in [6.45, 7) is 4.15. The third-order valence-electron chi connectivity index (χ3n) is 3.79. The molecule has 1 fully saturated rings. The minimum absolute atomic E-state index is 0.0506. The van der Waals surface area contributed by atoms with E-state index in [2.05, 4.69) is 11.9 Å². The van der Waals surface area contributed by atoms with Gasteiger partial charge in [-0.2, -0.15) is 0 Å². The average Bonchev–Trinajstić information content (AvgIpc) is 3.36. The number of aromatic nitrogens is 1. The van der Waals surface area contributed by atoms with Crippen molar-refractivity contribution in [3.63, 3.8) is 0 Å². The predicted molar refractivity (Wildman–Crippen MR) is 87.7 cm³/mol. The highest BCUT2D eigenvalue weighted by Gasteiger charge is 2.19. The molecule has 0 radical (unpaired) electrons. The summed E-state index contributed by atoms with van der Waals surface area (Å²) in [5, 5.41) is 0.229. The van der Waals surface area contributed by atoms with Gasteiger partial charge in [-0.1, -0.05) is 17.2 Å². The summed E-state index contributed by atoms with van der Waals surface area (Å²) in [5.41, 5.74) is 2.79. The molecule has 1 aliphatic carbocycles. The van der Waals surface area contributed by atoms with Gasteiger partial charge in [0.2, 0.25) is 0 Å². The fourth-order valence-corrected chi connectivity index (χ4v) is 2.36. The molecule has 2 aromatic rings. The van der Waals surface area contributed by atoms with E-state index in [-0.39, 0.29) is 17.0 Å². The third-order valence-corrected chi connectivity index (χ3v) is 4.00. The molecule has 0 aliphatic heterocycles. The predicted octanol–water partition coefficient (Wildman–Crippen LogP) is 5.54. The van der Waals surface area contributed by atoms with Gasteiger partial charge >= 0.3 is 0 Å². The Kier molecular flexibility index (Phi) is 4.53. The van der Waals surface area contributed by atoms with E-state index >= 15 is 0 Å². The van der Waals surface area contributed by atoms with Crippen LogP contribution in [-0.4, -0.2) is 11.1 Å². The van der Waals surface area contributed by atoms with Crippen molar-refractivity contribution in [2.45, 2.75) is 32.8 Å². The van der Waals surface area contributed by atoms with Gasteiger partial charge in [-0.3, -0.25) is 0 Å². The second-order valence-electron chi connectivity index (χ2n) is 5.56. The van der Waals surface area contributed by atoms with Crippen LogP contribution in [0.3, 0.4) is 0 Å². The molecule has 120 valence electrons. The normalized spacial score (nSPS) is 14.3. The highest BCUT2D eigenvalue weighted by molar-refractivity contribution is 6.30. The lowest BCUT2D eigenvalue weighted by Gasteiger charge is -2.15. The maximum Gasteiger partial charge on any atom is 0.255 e. The molecule has 5 heteroatoms. The van der Waals surface area contributed by atoms with Crippen molar-refractivity contribution in [1.29, 1.82) is 0 Å². The zero-order valence-electron chi connectivity index (χ0n) is 13.0. The van der Waals surface area contributed by atoms with Crippen molar-refractivity contribution in [1.82, 2.24) is 4.98 Å². The molecule has 1 saturated carbocycles. The van der Waals surface area contributed by atoms with Crippen LogP contribution in [0.5, 0.6) is 17.4 Å². The van der Waals surface area contributed by atoms with Crippen LogP contribution in [0.25, 0.3) is 0 Å². The number of hydrogen-bond donors (Lipinski definition) is 0. The Morgan fingerprint density at radius 3 is 2.48 bits per heavy atom. The van der Waals surface area contributed by atoms with Gasteiger partial charge in [0.05, 0.1) is 5.02 Å². The number of rotatable bonds is 5. The molecule has 1 heterocycles. The maximum atomic E-state index is 13.7. The fourth-order valence-electron chi connectivity index (χ4n) is 2.21. The first kappa shape index (κ1) is 15.8. The van der Waals surface area contributed by atoms with Crippen molar-refractivity contribution < 1.29 is 13.9 Å². The number of pyridine rings is 1. The Morgan fingerprint density at radius 1 is 1.22 bits per heavy atom. The Morgan fingerprint density at radius 2 is 1.87 bits per heavy atom. The molecule has 0 saturated heterocycles. The average molecular weight is 334 g/mol. The molecule has 0 amide bonds. The highest BCUT2D eigenvalue weighted by atomic mass is 35.5. The Labute approximate surface area is 139 Å². The molecule has 0 bridgehead atoms. The van der Waals surface area contributed by atoms with E-state index in [4.69, 9.17) is 21.1 Å². The topological polar surface area (TPSA) is 31.4 Å². The van der Waals surface area contributed by atoms with Crippen LogP contribution in [0.4, 0.5) is 4.39 Å². The number of benzene rings is 1. The smallest absolute Gasteiger partial charge is 0.255 e. The number of halogens is 2. The van der Waals surface area contributed by atoms with Crippen LogP contribution >= 0.6 is 11.6 Å². The van der Waals surface area contributed by atoms with Gasteiger partial charge in [0.25, 0.3) is 5.88 Å². The van der Waals surface area contributed by atoms with Gasteiger partial charge in [0.15, 0.2) is 5.82 Å². The second kappa shape index (κ2) is 6.59. The van der Waals surface area contributed by atoms with Crippen LogP contribution < -0.4 is 9.47 Å². The van der Waals surface area contributed by atoms with Crippen LogP contribution in [0.2, 0.25) is 5.02 Å². The molecule has 1 aliphatic rings. The lowest BCUT2D eigenvalue weighted by Crippen LogP contribution is -2.13.